The van der Waals surface area contributed by atoms with Crippen LogP contribution in [0.3, 0.4) is 0 Å². The molecule has 2 N–H and O–H groups in total. The maximum absolute atomic E-state index is 5.94. The summed E-state index contributed by atoms with van der Waals surface area (Å²) in [5, 5.41) is 10.9. The molecule has 0 saturated heterocycles. The fourth-order valence-corrected chi connectivity index (χ4v) is 2.96. The molecule has 1 aliphatic rings. The zero-order valence-electron chi connectivity index (χ0n) is 15.7. The van der Waals surface area contributed by atoms with E-state index in [0.717, 1.165) is 45.2 Å². The first-order chi connectivity index (χ1) is 11.8. The summed E-state index contributed by atoms with van der Waals surface area (Å²) >= 11 is 0. The van der Waals surface area contributed by atoms with Crippen LogP contribution in [-0.4, -0.2) is 48.1 Å². The molecule has 1 fully saturated rings. The van der Waals surface area contributed by atoms with Crippen LogP contribution in [-0.2, 0) is 11.3 Å². The van der Waals surface area contributed by atoms with Crippen molar-refractivity contribution in [2.45, 2.75) is 65.0 Å². The van der Waals surface area contributed by atoms with Gasteiger partial charge in [-0.3, -0.25) is 9.67 Å². The highest BCUT2D eigenvalue weighted by Crippen LogP contribution is 2.20. The SMILES string of the molecule is CCNC(=NCCCOC1CCCCC1)NCCn1cc(C)cn1.I. The predicted molar refractivity (Wildman–Crippen MR) is 114 cm³/mol. The molecule has 1 aromatic rings. The topological polar surface area (TPSA) is 63.5 Å². The Bertz CT molecular complexity index is 486. The largest absolute Gasteiger partial charge is 0.378 e. The van der Waals surface area contributed by atoms with Crippen molar-refractivity contribution in [3.8, 4) is 0 Å². The first-order valence-corrected chi connectivity index (χ1v) is 9.40. The number of aryl methyl sites for hydroxylation is 1. The molecule has 0 amide bonds. The van der Waals surface area contributed by atoms with E-state index in [1.807, 2.05) is 17.1 Å². The van der Waals surface area contributed by atoms with Crippen LogP contribution < -0.4 is 10.6 Å². The van der Waals surface area contributed by atoms with E-state index in [9.17, 15) is 0 Å². The summed E-state index contributed by atoms with van der Waals surface area (Å²) in [6, 6.07) is 0. The second-order valence-electron chi connectivity index (χ2n) is 6.45. The Morgan fingerprint density at radius 1 is 1.32 bits per heavy atom. The number of ether oxygens (including phenoxy) is 1. The van der Waals surface area contributed by atoms with Crippen LogP contribution in [0.1, 0.15) is 51.0 Å². The van der Waals surface area contributed by atoms with Gasteiger partial charge in [-0.15, -0.1) is 24.0 Å². The van der Waals surface area contributed by atoms with Crippen LogP contribution in [0.15, 0.2) is 17.4 Å². The zero-order valence-corrected chi connectivity index (χ0v) is 18.0. The maximum atomic E-state index is 5.94. The van der Waals surface area contributed by atoms with Crippen LogP contribution >= 0.6 is 24.0 Å². The second-order valence-corrected chi connectivity index (χ2v) is 6.45. The van der Waals surface area contributed by atoms with Crippen molar-refractivity contribution in [3.05, 3.63) is 18.0 Å². The summed E-state index contributed by atoms with van der Waals surface area (Å²) in [6.45, 7) is 8.26. The lowest BCUT2D eigenvalue weighted by Crippen LogP contribution is -2.39. The van der Waals surface area contributed by atoms with E-state index in [-0.39, 0.29) is 24.0 Å². The van der Waals surface area contributed by atoms with Crippen molar-refractivity contribution < 1.29 is 4.74 Å². The minimum Gasteiger partial charge on any atom is -0.378 e. The normalized spacial score (nSPS) is 15.7. The Balaban J connectivity index is 0.00000312. The average Bonchev–Trinajstić information content (AvgIpc) is 3.01. The Morgan fingerprint density at radius 3 is 2.80 bits per heavy atom. The number of hydrogen-bond acceptors (Lipinski definition) is 3. The third kappa shape index (κ3) is 9.44. The van der Waals surface area contributed by atoms with Gasteiger partial charge in [-0.1, -0.05) is 19.3 Å². The quantitative estimate of drug-likeness (QED) is 0.256. The van der Waals surface area contributed by atoms with Crippen molar-refractivity contribution in [3.63, 3.8) is 0 Å². The molecule has 25 heavy (non-hydrogen) atoms. The van der Waals surface area contributed by atoms with Crippen LogP contribution in [0.2, 0.25) is 0 Å². The average molecular weight is 463 g/mol. The summed E-state index contributed by atoms with van der Waals surface area (Å²) in [4.78, 5) is 4.62. The van der Waals surface area contributed by atoms with E-state index >= 15 is 0 Å². The van der Waals surface area contributed by atoms with Gasteiger partial charge in [0.1, 0.15) is 0 Å². The van der Waals surface area contributed by atoms with Gasteiger partial charge in [-0.2, -0.15) is 5.10 Å². The summed E-state index contributed by atoms with van der Waals surface area (Å²) in [5.41, 5.74) is 1.19. The Kier molecular flexibility index (Phi) is 11.9. The highest BCUT2D eigenvalue weighted by molar-refractivity contribution is 14.0. The second kappa shape index (κ2) is 13.4. The molecule has 1 heterocycles. The lowest BCUT2D eigenvalue weighted by Gasteiger charge is -2.21. The monoisotopic (exact) mass is 463 g/mol. The number of guanidine groups is 1. The molecule has 1 aromatic heterocycles. The molecule has 144 valence electrons. The molecule has 0 radical (unpaired) electrons. The predicted octanol–water partition coefficient (Wildman–Crippen LogP) is 3.10. The summed E-state index contributed by atoms with van der Waals surface area (Å²) in [5.74, 6) is 0.874. The van der Waals surface area contributed by atoms with Crippen molar-refractivity contribution >= 4 is 29.9 Å². The van der Waals surface area contributed by atoms with E-state index in [1.54, 1.807) is 0 Å². The van der Waals surface area contributed by atoms with E-state index in [2.05, 4.69) is 34.6 Å². The smallest absolute Gasteiger partial charge is 0.191 e. The highest BCUT2D eigenvalue weighted by atomic mass is 127. The van der Waals surface area contributed by atoms with Crippen LogP contribution in [0.4, 0.5) is 0 Å². The molecule has 2 rings (SSSR count). The lowest BCUT2D eigenvalue weighted by molar-refractivity contribution is 0.0281. The molecule has 6 nitrogen and oxygen atoms in total. The first-order valence-electron chi connectivity index (χ1n) is 9.40. The first kappa shape index (κ1) is 22.2. The molecule has 0 unspecified atom stereocenters. The van der Waals surface area contributed by atoms with Crippen molar-refractivity contribution in [2.24, 2.45) is 4.99 Å². The van der Waals surface area contributed by atoms with Gasteiger partial charge in [0.05, 0.1) is 18.8 Å². The van der Waals surface area contributed by atoms with E-state index in [1.165, 1.54) is 37.7 Å². The van der Waals surface area contributed by atoms with E-state index < -0.39 is 0 Å². The number of hydrogen-bond donors (Lipinski definition) is 2. The van der Waals surface area contributed by atoms with Gasteiger partial charge in [0.25, 0.3) is 0 Å². The molecular formula is C18H34IN5O. The molecule has 0 spiro atoms. The number of aromatic nitrogens is 2. The molecule has 7 heteroatoms. The summed E-state index contributed by atoms with van der Waals surface area (Å²) in [7, 11) is 0. The maximum Gasteiger partial charge on any atom is 0.191 e. The number of nitrogens with one attached hydrogen (secondary N) is 2. The van der Waals surface area contributed by atoms with Crippen LogP contribution in [0, 0.1) is 6.92 Å². The van der Waals surface area contributed by atoms with Crippen molar-refractivity contribution in [1.82, 2.24) is 20.4 Å². The Hall–Kier alpha value is -0.830. The summed E-state index contributed by atoms with van der Waals surface area (Å²) < 4.78 is 7.89. The third-order valence-corrected chi connectivity index (χ3v) is 4.22. The Morgan fingerprint density at radius 2 is 2.12 bits per heavy atom. The van der Waals surface area contributed by atoms with Gasteiger partial charge in [-0.25, -0.2) is 0 Å². The molecule has 0 aromatic carbocycles. The van der Waals surface area contributed by atoms with E-state index in [0.29, 0.717) is 6.10 Å². The zero-order chi connectivity index (χ0) is 17.0. The molecule has 0 bridgehead atoms. The molecule has 0 atom stereocenters. The fourth-order valence-electron chi connectivity index (χ4n) is 2.96. The molecular weight excluding hydrogens is 429 g/mol. The number of aliphatic imine (C=N–C) groups is 1. The lowest BCUT2D eigenvalue weighted by atomic mass is 9.98. The number of rotatable bonds is 9. The Labute approximate surface area is 169 Å². The molecule has 1 saturated carbocycles. The standard InChI is InChI=1S/C18H33N5O.HI/c1-3-19-18(21-11-12-23-15-16(2)14-22-23)20-10-7-13-24-17-8-5-4-6-9-17;/h14-15,17H,3-13H2,1-2H3,(H2,19,20,21);1H. The summed E-state index contributed by atoms with van der Waals surface area (Å²) in [6.07, 6.45) is 11.9. The van der Waals surface area contributed by atoms with Crippen molar-refractivity contribution in [1.29, 1.82) is 0 Å². The van der Waals surface area contributed by atoms with Gasteiger partial charge in [0.2, 0.25) is 0 Å². The van der Waals surface area contributed by atoms with Gasteiger partial charge < -0.3 is 15.4 Å². The van der Waals surface area contributed by atoms with Gasteiger partial charge >= 0.3 is 0 Å². The third-order valence-electron chi connectivity index (χ3n) is 4.22. The highest BCUT2D eigenvalue weighted by Gasteiger charge is 2.12. The minimum absolute atomic E-state index is 0. The van der Waals surface area contributed by atoms with Gasteiger partial charge in [-0.05, 0) is 38.7 Å². The van der Waals surface area contributed by atoms with Gasteiger partial charge in [0.15, 0.2) is 5.96 Å². The molecule has 1 aliphatic carbocycles. The molecule has 0 aliphatic heterocycles. The fraction of sp³-hybridized carbons (Fsp3) is 0.778. The van der Waals surface area contributed by atoms with Crippen LogP contribution in [0.5, 0.6) is 0 Å². The van der Waals surface area contributed by atoms with Crippen molar-refractivity contribution in [2.75, 3.05) is 26.2 Å². The van der Waals surface area contributed by atoms with E-state index in [4.69, 9.17) is 4.74 Å². The minimum atomic E-state index is 0. The van der Waals surface area contributed by atoms with Crippen LogP contribution in [0.25, 0.3) is 0 Å². The number of nitrogens with zero attached hydrogens (tertiary/aromatic N) is 3. The number of halogens is 1. The van der Waals surface area contributed by atoms with Gasteiger partial charge in [0, 0.05) is 32.4 Å².